The minimum Gasteiger partial charge on any atom is -0.350 e. The second kappa shape index (κ2) is 4.36. The predicted octanol–water partition coefficient (Wildman–Crippen LogP) is 2.94. The van der Waals surface area contributed by atoms with Crippen molar-refractivity contribution in [1.29, 1.82) is 5.41 Å². The first-order valence-corrected chi connectivity index (χ1v) is 5.95. The van der Waals surface area contributed by atoms with Crippen LogP contribution in [0.1, 0.15) is 40.0 Å². The van der Waals surface area contributed by atoms with Crippen LogP contribution in [0.5, 0.6) is 0 Å². The molecule has 1 fully saturated rings. The molecule has 1 unspecified atom stereocenters. The van der Waals surface area contributed by atoms with Gasteiger partial charge in [0.1, 0.15) is 0 Å². The summed E-state index contributed by atoms with van der Waals surface area (Å²) in [7, 11) is 0. The molecule has 1 rings (SSSR count). The summed E-state index contributed by atoms with van der Waals surface area (Å²) in [6, 6.07) is 0. The number of amidine groups is 1. The first kappa shape index (κ1) is 10.9. The van der Waals surface area contributed by atoms with E-state index in [4.69, 9.17) is 5.41 Å². The molecule has 1 aliphatic rings. The fourth-order valence-electron chi connectivity index (χ4n) is 1.52. The Balaban J connectivity index is 2.46. The van der Waals surface area contributed by atoms with E-state index >= 15 is 0 Å². The van der Waals surface area contributed by atoms with Crippen molar-refractivity contribution in [2.75, 3.05) is 13.1 Å². The molecule has 1 heterocycles. The van der Waals surface area contributed by atoms with Gasteiger partial charge >= 0.3 is 0 Å². The third-order valence-electron chi connectivity index (χ3n) is 2.69. The lowest BCUT2D eigenvalue weighted by atomic mass is 10.1. The van der Waals surface area contributed by atoms with Crippen LogP contribution >= 0.6 is 11.8 Å². The molecule has 0 aromatic heterocycles. The quantitative estimate of drug-likeness (QED) is 0.755. The molecule has 2 nitrogen and oxygen atoms in total. The summed E-state index contributed by atoms with van der Waals surface area (Å²) in [6.07, 6.45) is 3.59. The average Bonchev–Trinajstić information content (AvgIpc) is 2.39. The zero-order valence-electron chi connectivity index (χ0n) is 8.89. The number of thioether (sulfide) groups is 1. The Bertz CT molecular complexity index is 193. The third-order valence-corrected chi connectivity index (χ3v) is 4.05. The minimum atomic E-state index is 0.296. The number of unbranched alkanes of at least 4 members (excludes halogenated alkanes) is 1. The largest absolute Gasteiger partial charge is 0.350 e. The molecule has 0 aliphatic carbocycles. The topological polar surface area (TPSA) is 27.1 Å². The second-order valence-electron chi connectivity index (χ2n) is 3.99. The molecule has 1 N–H and O–H groups in total. The number of hydrogen-bond donors (Lipinski definition) is 1. The molecule has 0 spiro atoms. The molecule has 0 bridgehead atoms. The average molecular weight is 200 g/mol. The van der Waals surface area contributed by atoms with Gasteiger partial charge in [0.25, 0.3) is 0 Å². The van der Waals surface area contributed by atoms with Crippen molar-refractivity contribution in [2.45, 2.75) is 44.8 Å². The Morgan fingerprint density at radius 1 is 1.54 bits per heavy atom. The summed E-state index contributed by atoms with van der Waals surface area (Å²) >= 11 is 1.74. The summed E-state index contributed by atoms with van der Waals surface area (Å²) in [5.74, 6) is 0. The molecule has 1 aliphatic heterocycles. The zero-order chi connectivity index (χ0) is 9.90. The van der Waals surface area contributed by atoms with Crippen molar-refractivity contribution in [3.05, 3.63) is 0 Å². The second-order valence-corrected chi connectivity index (χ2v) is 5.56. The van der Waals surface area contributed by atoms with Crippen molar-refractivity contribution in [3.8, 4) is 0 Å². The third kappa shape index (κ3) is 2.63. The van der Waals surface area contributed by atoms with E-state index in [0.29, 0.717) is 4.75 Å². The van der Waals surface area contributed by atoms with E-state index in [1.54, 1.807) is 11.8 Å². The number of rotatable bonds is 4. The predicted molar refractivity (Wildman–Crippen MR) is 60.5 cm³/mol. The lowest BCUT2D eigenvalue weighted by Crippen LogP contribution is -2.30. The van der Waals surface area contributed by atoms with Gasteiger partial charge in [0.15, 0.2) is 5.17 Å². The van der Waals surface area contributed by atoms with Crippen LogP contribution in [-0.4, -0.2) is 27.9 Å². The van der Waals surface area contributed by atoms with Crippen LogP contribution in [0.2, 0.25) is 0 Å². The van der Waals surface area contributed by atoms with E-state index in [2.05, 4.69) is 25.7 Å². The Morgan fingerprint density at radius 2 is 2.23 bits per heavy atom. The smallest absolute Gasteiger partial charge is 0.156 e. The van der Waals surface area contributed by atoms with Crippen molar-refractivity contribution in [3.63, 3.8) is 0 Å². The maximum atomic E-state index is 7.83. The van der Waals surface area contributed by atoms with Crippen LogP contribution in [0.3, 0.4) is 0 Å². The molecule has 0 amide bonds. The van der Waals surface area contributed by atoms with E-state index in [-0.39, 0.29) is 0 Å². The van der Waals surface area contributed by atoms with E-state index in [0.717, 1.165) is 24.7 Å². The standard InChI is InChI=1S/C10H20N2S/c1-4-6-7-12-8-10(3,5-2)13-9(12)11/h11H,4-8H2,1-3H3. The van der Waals surface area contributed by atoms with Gasteiger partial charge in [0.2, 0.25) is 0 Å². The van der Waals surface area contributed by atoms with E-state index < -0.39 is 0 Å². The van der Waals surface area contributed by atoms with E-state index in [9.17, 15) is 0 Å². The van der Waals surface area contributed by atoms with Gasteiger partial charge in [0.05, 0.1) is 0 Å². The minimum absolute atomic E-state index is 0.296. The Morgan fingerprint density at radius 3 is 2.69 bits per heavy atom. The SMILES string of the molecule is CCCCN1CC(C)(CC)SC1=N. The molecule has 0 radical (unpaired) electrons. The normalized spacial score (nSPS) is 28.5. The molecule has 1 atom stereocenters. The monoisotopic (exact) mass is 200 g/mol. The van der Waals surface area contributed by atoms with Gasteiger partial charge in [-0.25, -0.2) is 0 Å². The lowest BCUT2D eigenvalue weighted by molar-refractivity contribution is 0.381. The summed E-state index contributed by atoms with van der Waals surface area (Å²) in [6.45, 7) is 8.80. The van der Waals surface area contributed by atoms with Gasteiger partial charge in [-0.3, -0.25) is 5.41 Å². The Hall–Kier alpha value is -0.180. The zero-order valence-corrected chi connectivity index (χ0v) is 9.71. The van der Waals surface area contributed by atoms with Crippen LogP contribution in [0.25, 0.3) is 0 Å². The summed E-state index contributed by atoms with van der Waals surface area (Å²) in [4.78, 5) is 2.22. The highest BCUT2D eigenvalue weighted by Gasteiger charge is 2.36. The van der Waals surface area contributed by atoms with Gasteiger partial charge in [-0.1, -0.05) is 32.0 Å². The van der Waals surface area contributed by atoms with Gasteiger partial charge in [-0.05, 0) is 19.8 Å². The van der Waals surface area contributed by atoms with Gasteiger partial charge in [-0.2, -0.15) is 0 Å². The maximum Gasteiger partial charge on any atom is 0.156 e. The van der Waals surface area contributed by atoms with Gasteiger partial charge in [0, 0.05) is 17.8 Å². The van der Waals surface area contributed by atoms with Crippen LogP contribution in [0, 0.1) is 5.41 Å². The van der Waals surface area contributed by atoms with Crippen LogP contribution in [0.15, 0.2) is 0 Å². The highest BCUT2D eigenvalue weighted by Crippen LogP contribution is 2.37. The fraction of sp³-hybridized carbons (Fsp3) is 0.900. The van der Waals surface area contributed by atoms with Crippen LogP contribution < -0.4 is 0 Å². The summed E-state index contributed by atoms with van der Waals surface area (Å²) < 4.78 is 0.296. The first-order chi connectivity index (χ1) is 6.11. The molecular formula is C10H20N2S. The number of nitrogens with zero attached hydrogens (tertiary/aromatic N) is 1. The molecule has 0 aromatic carbocycles. The molecule has 3 heteroatoms. The van der Waals surface area contributed by atoms with Gasteiger partial charge in [-0.15, -0.1) is 0 Å². The van der Waals surface area contributed by atoms with E-state index in [1.165, 1.54) is 12.8 Å². The highest BCUT2D eigenvalue weighted by atomic mass is 32.2. The maximum absolute atomic E-state index is 7.83. The van der Waals surface area contributed by atoms with Crippen molar-refractivity contribution in [1.82, 2.24) is 4.90 Å². The molecule has 76 valence electrons. The van der Waals surface area contributed by atoms with Gasteiger partial charge < -0.3 is 4.90 Å². The summed E-state index contributed by atoms with van der Waals surface area (Å²) in [5, 5.41) is 8.61. The fourth-order valence-corrected chi connectivity index (χ4v) is 2.64. The number of hydrogen-bond acceptors (Lipinski definition) is 2. The number of nitrogens with one attached hydrogen (secondary N) is 1. The molecule has 1 saturated heterocycles. The van der Waals surface area contributed by atoms with Crippen molar-refractivity contribution in [2.24, 2.45) is 0 Å². The Kier molecular flexibility index (Phi) is 3.65. The lowest BCUT2D eigenvalue weighted by Gasteiger charge is -2.21. The molecular weight excluding hydrogens is 180 g/mol. The molecule has 0 aromatic rings. The first-order valence-electron chi connectivity index (χ1n) is 5.14. The molecule has 13 heavy (non-hydrogen) atoms. The molecule has 0 saturated carbocycles. The Labute approximate surface area is 85.6 Å². The van der Waals surface area contributed by atoms with Crippen LogP contribution in [0.4, 0.5) is 0 Å². The summed E-state index contributed by atoms with van der Waals surface area (Å²) in [5.41, 5.74) is 0. The van der Waals surface area contributed by atoms with E-state index in [1.807, 2.05) is 0 Å². The van der Waals surface area contributed by atoms with Crippen molar-refractivity contribution < 1.29 is 0 Å². The van der Waals surface area contributed by atoms with Crippen LogP contribution in [-0.2, 0) is 0 Å². The highest BCUT2D eigenvalue weighted by molar-refractivity contribution is 8.15. The van der Waals surface area contributed by atoms with Crippen molar-refractivity contribution >= 4 is 16.9 Å².